The summed E-state index contributed by atoms with van der Waals surface area (Å²) < 4.78 is 36.5. The molecule has 3 N–H and O–H groups in total. The van der Waals surface area contributed by atoms with E-state index in [1.807, 2.05) is 0 Å². The summed E-state index contributed by atoms with van der Waals surface area (Å²) in [6, 6.07) is 4.33. The van der Waals surface area contributed by atoms with Crippen molar-refractivity contribution in [3.05, 3.63) is 29.3 Å². The summed E-state index contributed by atoms with van der Waals surface area (Å²) >= 11 is 0. The molecule has 0 atom stereocenters. The highest BCUT2D eigenvalue weighted by atomic mass is 35.5. The quantitative estimate of drug-likeness (QED) is 0.582. The van der Waals surface area contributed by atoms with Gasteiger partial charge in [-0.2, -0.15) is 18.4 Å². The predicted molar refractivity (Wildman–Crippen MR) is 51.2 cm³/mol. The Labute approximate surface area is 90.1 Å². The minimum Gasteiger partial charge on any atom is -0.323 e. The molecule has 0 saturated carbocycles. The van der Waals surface area contributed by atoms with E-state index in [-0.39, 0.29) is 23.7 Å². The van der Waals surface area contributed by atoms with Crippen LogP contribution >= 0.6 is 12.4 Å². The molecule has 0 amide bonds. The van der Waals surface area contributed by atoms with Crippen LogP contribution in [0.3, 0.4) is 0 Å². The number of hydrogen-bond donors (Lipinski definition) is 2. The number of alkyl halides is 3. The Hall–Kier alpha value is -1.45. The number of anilines is 1. The first kappa shape index (κ1) is 13.5. The van der Waals surface area contributed by atoms with Gasteiger partial charge in [0, 0.05) is 0 Å². The average Bonchev–Trinajstić information content (AvgIpc) is 2.15. The Bertz CT molecular complexity index is 384. The first-order valence-corrected chi connectivity index (χ1v) is 3.57. The second-order valence-electron chi connectivity index (χ2n) is 2.51. The summed E-state index contributed by atoms with van der Waals surface area (Å²) in [5.41, 5.74) is 1.30. The van der Waals surface area contributed by atoms with Crippen LogP contribution in [0.25, 0.3) is 0 Å². The van der Waals surface area contributed by atoms with E-state index in [2.05, 4.69) is 5.43 Å². The van der Waals surface area contributed by atoms with E-state index in [1.165, 1.54) is 0 Å². The number of nitriles is 1. The monoisotopic (exact) mass is 237 g/mol. The largest absolute Gasteiger partial charge is 0.416 e. The molecule has 15 heavy (non-hydrogen) atoms. The zero-order valence-corrected chi connectivity index (χ0v) is 8.12. The Balaban J connectivity index is 0.00000196. The van der Waals surface area contributed by atoms with E-state index in [4.69, 9.17) is 11.1 Å². The third-order valence-corrected chi connectivity index (χ3v) is 1.62. The maximum absolute atomic E-state index is 12.2. The highest BCUT2D eigenvalue weighted by Crippen LogP contribution is 2.31. The van der Waals surface area contributed by atoms with Crippen LogP contribution in [-0.2, 0) is 6.18 Å². The van der Waals surface area contributed by atoms with Crippen molar-refractivity contribution in [2.75, 3.05) is 5.43 Å². The lowest BCUT2D eigenvalue weighted by molar-refractivity contribution is -0.137. The second kappa shape index (κ2) is 4.87. The van der Waals surface area contributed by atoms with Crippen molar-refractivity contribution >= 4 is 18.1 Å². The number of halogens is 4. The molecule has 0 unspecified atom stereocenters. The van der Waals surface area contributed by atoms with Gasteiger partial charge in [-0.15, -0.1) is 12.4 Å². The number of nitrogen functional groups attached to an aromatic ring is 1. The number of nitrogens with two attached hydrogens (primary N) is 1. The normalized spacial score (nSPS) is 10.1. The molecule has 0 bridgehead atoms. The minimum absolute atomic E-state index is 0. The van der Waals surface area contributed by atoms with Crippen molar-refractivity contribution < 1.29 is 13.2 Å². The maximum Gasteiger partial charge on any atom is 0.416 e. The summed E-state index contributed by atoms with van der Waals surface area (Å²) in [6.07, 6.45) is -4.45. The van der Waals surface area contributed by atoms with Gasteiger partial charge in [-0.1, -0.05) is 0 Å². The van der Waals surface area contributed by atoms with E-state index in [0.29, 0.717) is 0 Å². The van der Waals surface area contributed by atoms with E-state index in [9.17, 15) is 13.2 Å². The van der Waals surface area contributed by atoms with Gasteiger partial charge in [0.1, 0.15) is 6.07 Å². The van der Waals surface area contributed by atoms with Gasteiger partial charge in [0.2, 0.25) is 0 Å². The fourth-order valence-corrected chi connectivity index (χ4v) is 0.939. The third-order valence-electron chi connectivity index (χ3n) is 1.62. The average molecular weight is 238 g/mol. The highest BCUT2D eigenvalue weighted by molar-refractivity contribution is 5.85. The van der Waals surface area contributed by atoms with Crippen LogP contribution in [0.4, 0.5) is 18.9 Å². The molecule has 3 nitrogen and oxygen atoms in total. The molecule has 0 aliphatic heterocycles. The van der Waals surface area contributed by atoms with Gasteiger partial charge in [-0.3, -0.25) is 5.84 Å². The Morgan fingerprint density at radius 2 is 1.93 bits per heavy atom. The molecule has 0 radical (unpaired) electrons. The summed E-state index contributed by atoms with van der Waals surface area (Å²) in [5.74, 6) is 5.00. The van der Waals surface area contributed by atoms with Crippen molar-refractivity contribution in [1.82, 2.24) is 0 Å². The van der Waals surface area contributed by atoms with Gasteiger partial charge in [0.15, 0.2) is 0 Å². The number of nitrogens with one attached hydrogen (secondary N) is 1. The second-order valence-corrected chi connectivity index (χ2v) is 2.51. The Morgan fingerprint density at radius 3 is 2.33 bits per heavy atom. The van der Waals surface area contributed by atoms with Crippen LogP contribution < -0.4 is 11.3 Å². The van der Waals surface area contributed by atoms with Crippen molar-refractivity contribution in [3.8, 4) is 6.07 Å². The molecule has 82 valence electrons. The van der Waals surface area contributed by atoms with Crippen LogP contribution in [0.5, 0.6) is 0 Å². The smallest absolute Gasteiger partial charge is 0.323 e. The molecule has 0 heterocycles. The van der Waals surface area contributed by atoms with Gasteiger partial charge in [0.05, 0.1) is 16.8 Å². The summed E-state index contributed by atoms with van der Waals surface area (Å²) in [7, 11) is 0. The summed E-state index contributed by atoms with van der Waals surface area (Å²) in [5, 5.41) is 8.53. The Morgan fingerprint density at radius 1 is 1.33 bits per heavy atom. The van der Waals surface area contributed by atoms with Crippen molar-refractivity contribution in [2.45, 2.75) is 6.18 Å². The molecular weight excluding hydrogens is 231 g/mol. The maximum atomic E-state index is 12.2. The highest BCUT2D eigenvalue weighted by Gasteiger charge is 2.30. The van der Waals surface area contributed by atoms with E-state index >= 15 is 0 Å². The number of hydrazine groups is 1. The molecule has 0 saturated heterocycles. The van der Waals surface area contributed by atoms with Gasteiger partial charge in [-0.25, -0.2) is 0 Å². The van der Waals surface area contributed by atoms with Crippen LogP contribution in [0.1, 0.15) is 11.1 Å². The minimum atomic E-state index is -4.45. The van der Waals surface area contributed by atoms with Gasteiger partial charge < -0.3 is 5.43 Å². The lowest BCUT2D eigenvalue weighted by Gasteiger charge is -2.08. The van der Waals surface area contributed by atoms with Crippen LogP contribution in [0.15, 0.2) is 18.2 Å². The molecule has 1 rings (SSSR count). The van der Waals surface area contributed by atoms with E-state index < -0.39 is 11.7 Å². The van der Waals surface area contributed by atoms with Crippen molar-refractivity contribution in [2.24, 2.45) is 5.84 Å². The molecule has 0 spiro atoms. The molecule has 0 aliphatic carbocycles. The standard InChI is InChI=1S/C8H6F3N3.ClH/c9-8(10,11)6-1-2-7(14-13)5(3-6)4-12;/h1-3,14H,13H2;1H. The third kappa shape index (κ3) is 3.01. The van der Waals surface area contributed by atoms with E-state index in [1.54, 1.807) is 6.07 Å². The number of nitrogens with zero attached hydrogens (tertiary/aromatic N) is 1. The van der Waals surface area contributed by atoms with Crippen molar-refractivity contribution in [3.63, 3.8) is 0 Å². The van der Waals surface area contributed by atoms with Gasteiger partial charge >= 0.3 is 6.18 Å². The number of rotatable bonds is 1. The predicted octanol–water partition coefficient (Wildman–Crippen LogP) is 2.28. The molecule has 0 fully saturated rings. The summed E-state index contributed by atoms with van der Waals surface area (Å²) in [6.45, 7) is 0. The van der Waals surface area contributed by atoms with E-state index in [0.717, 1.165) is 18.2 Å². The first-order valence-electron chi connectivity index (χ1n) is 3.57. The fourth-order valence-electron chi connectivity index (χ4n) is 0.939. The topological polar surface area (TPSA) is 61.8 Å². The fraction of sp³-hybridized carbons (Fsp3) is 0.125. The SMILES string of the molecule is Cl.N#Cc1cc(C(F)(F)F)ccc1NN. The number of benzene rings is 1. The molecule has 7 heteroatoms. The zero-order chi connectivity index (χ0) is 10.8. The Kier molecular flexibility index (Phi) is 4.40. The van der Waals surface area contributed by atoms with Crippen LogP contribution in [-0.4, -0.2) is 0 Å². The van der Waals surface area contributed by atoms with Gasteiger partial charge in [0.25, 0.3) is 0 Å². The molecular formula is C8H7ClF3N3. The molecule has 1 aromatic rings. The summed E-state index contributed by atoms with van der Waals surface area (Å²) in [4.78, 5) is 0. The number of hydrogen-bond acceptors (Lipinski definition) is 3. The zero-order valence-electron chi connectivity index (χ0n) is 7.30. The molecule has 0 aromatic heterocycles. The van der Waals surface area contributed by atoms with Crippen molar-refractivity contribution in [1.29, 1.82) is 5.26 Å². The van der Waals surface area contributed by atoms with Gasteiger partial charge in [-0.05, 0) is 18.2 Å². The van der Waals surface area contributed by atoms with Crippen LogP contribution in [0.2, 0.25) is 0 Å². The molecule has 1 aromatic carbocycles. The lowest BCUT2D eigenvalue weighted by Crippen LogP contribution is -2.10. The molecule has 0 aliphatic rings. The lowest BCUT2D eigenvalue weighted by atomic mass is 10.1. The first-order chi connectivity index (χ1) is 6.49. The van der Waals surface area contributed by atoms with Crippen LogP contribution in [0, 0.1) is 11.3 Å².